The van der Waals surface area contributed by atoms with Crippen LogP contribution < -0.4 is 10.6 Å². The van der Waals surface area contributed by atoms with E-state index in [4.69, 9.17) is 0 Å². The van der Waals surface area contributed by atoms with Gasteiger partial charge in [0.25, 0.3) is 0 Å². The largest absolute Gasteiger partial charge is 0.363 e. The number of nitrogens with one attached hydrogen (secondary N) is 2. The number of thioether (sulfide) groups is 1. The minimum Gasteiger partial charge on any atom is -0.363 e. The first kappa shape index (κ1) is 18.4. The lowest BCUT2D eigenvalue weighted by Crippen LogP contribution is -2.18. The van der Waals surface area contributed by atoms with Gasteiger partial charge < -0.3 is 10.6 Å². The predicted octanol–water partition coefficient (Wildman–Crippen LogP) is 3.54. The zero-order chi connectivity index (χ0) is 17.7. The van der Waals surface area contributed by atoms with Crippen LogP contribution in [0.15, 0.2) is 28.6 Å². The molecule has 2 N–H and O–H groups in total. The molecule has 0 fully saturated rings. The number of aromatic nitrogens is 2. The molecule has 1 heterocycles. The van der Waals surface area contributed by atoms with E-state index >= 15 is 0 Å². The van der Waals surface area contributed by atoms with E-state index < -0.39 is 0 Å². The second kappa shape index (κ2) is 8.25. The number of amides is 1. The Labute approximate surface area is 149 Å². The van der Waals surface area contributed by atoms with Crippen molar-refractivity contribution in [2.45, 2.75) is 30.4 Å². The van der Waals surface area contributed by atoms with Crippen molar-refractivity contribution < 1.29 is 9.59 Å². The minimum absolute atomic E-state index is 0.0166. The monoisotopic (exact) mass is 364 g/mol. The molecule has 0 saturated carbocycles. The van der Waals surface area contributed by atoms with Crippen LogP contribution in [0.2, 0.25) is 0 Å². The highest BCUT2D eigenvalue weighted by Gasteiger charge is 2.19. The summed E-state index contributed by atoms with van der Waals surface area (Å²) in [6.45, 7) is 5.51. The molecular formula is C16H20N4O2S2. The van der Waals surface area contributed by atoms with Gasteiger partial charge in [0.2, 0.25) is 11.0 Å². The van der Waals surface area contributed by atoms with Gasteiger partial charge in [0.05, 0.1) is 5.25 Å². The Hall–Kier alpha value is -1.93. The summed E-state index contributed by atoms with van der Waals surface area (Å²) in [4.78, 5) is 24.2. The van der Waals surface area contributed by atoms with Crippen LogP contribution in [-0.4, -0.2) is 34.2 Å². The van der Waals surface area contributed by atoms with Crippen molar-refractivity contribution >= 4 is 45.6 Å². The average molecular weight is 364 g/mol. The summed E-state index contributed by atoms with van der Waals surface area (Å²) >= 11 is 2.80. The Bertz CT molecular complexity index is 713. The fourth-order valence-corrected chi connectivity index (χ4v) is 3.73. The van der Waals surface area contributed by atoms with Gasteiger partial charge in [-0.1, -0.05) is 36.9 Å². The molecule has 0 aliphatic rings. The highest BCUT2D eigenvalue weighted by Crippen LogP contribution is 2.30. The SMILES string of the molecule is CNc1nnc(S[C@H](C)C(=O)c2ccc(NC(=O)C(C)C)cc2)s1. The molecule has 1 aromatic heterocycles. The summed E-state index contributed by atoms with van der Waals surface area (Å²) in [7, 11) is 1.78. The average Bonchev–Trinajstić information content (AvgIpc) is 3.02. The van der Waals surface area contributed by atoms with Crippen molar-refractivity contribution in [2.24, 2.45) is 5.92 Å². The topological polar surface area (TPSA) is 84.0 Å². The standard InChI is InChI=1S/C16H20N4O2S2/c1-9(2)14(22)18-12-7-5-11(6-8-12)13(21)10(3)23-16-20-19-15(17-4)24-16/h5-10H,1-4H3,(H,17,19)(H,18,22)/t10-/m1/s1. The fraction of sp³-hybridized carbons (Fsp3) is 0.375. The highest BCUT2D eigenvalue weighted by molar-refractivity contribution is 8.02. The van der Waals surface area contributed by atoms with Crippen LogP contribution >= 0.6 is 23.1 Å². The van der Waals surface area contributed by atoms with Gasteiger partial charge in [0, 0.05) is 24.2 Å². The Morgan fingerprint density at radius 2 is 1.79 bits per heavy atom. The molecular weight excluding hydrogens is 344 g/mol. The maximum Gasteiger partial charge on any atom is 0.226 e. The Morgan fingerprint density at radius 1 is 1.12 bits per heavy atom. The lowest BCUT2D eigenvalue weighted by atomic mass is 10.1. The van der Waals surface area contributed by atoms with Crippen LogP contribution in [0, 0.1) is 5.92 Å². The van der Waals surface area contributed by atoms with Crippen molar-refractivity contribution in [1.29, 1.82) is 0 Å². The second-order valence-electron chi connectivity index (χ2n) is 5.47. The van der Waals surface area contributed by atoms with Gasteiger partial charge in [0.1, 0.15) is 0 Å². The lowest BCUT2D eigenvalue weighted by molar-refractivity contribution is -0.118. The van der Waals surface area contributed by atoms with Gasteiger partial charge in [0.15, 0.2) is 10.1 Å². The first-order valence-corrected chi connectivity index (χ1v) is 9.23. The Morgan fingerprint density at radius 3 is 2.33 bits per heavy atom. The van der Waals surface area contributed by atoms with Crippen molar-refractivity contribution in [3.63, 3.8) is 0 Å². The quantitative estimate of drug-likeness (QED) is 0.577. The third-order valence-corrected chi connectivity index (χ3v) is 5.35. The van der Waals surface area contributed by atoms with E-state index in [0.29, 0.717) is 11.3 Å². The first-order chi connectivity index (χ1) is 11.4. The van der Waals surface area contributed by atoms with E-state index in [1.165, 1.54) is 23.1 Å². The van der Waals surface area contributed by atoms with Crippen LogP contribution in [0.3, 0.4) is 0 Å². The fourth-order valence-electron chi connectivity index (χ4n) is 1.80. The molecule has 8 heteroatoms. The van der Waals surface area contributed by atoms with Gasteiger partial charge in [-0.05, 0) is 31.2 Å². The smallest absolute Gasteiger partial charge is 0.226 e. The van der Waals surface area contributed by atoms with Crippen LogP contribution in [-0.2, 0) is 4.79 Å². The molecule has 6 nitrogen and oxygen atoms in total. The van der Waals surface area contributed by atoms with Gasteiger partial charge in [-0.2, -0.15) is 0 Å². The highest BCUT2D eigenvalue weighted by atomic mass is 32.2. The number of nitrogens with zero attached hydrogens (tertiary/aromatic N) is 2. The Balaban J connectivity index is 1.99. The molecule has 2 aromatic rings. The molecule has 2 rings (SSSR count). The van der Waals surface area contributed by atoms with Crippen LogP contribution in [0.5, 0.6) is 0 Å². The van der Waals surface area contributed by atoms with E-state index in [0.717, 1.165) is 9.47 Å². The van der Waals surface area contributed by atoms with Gasteiger partial charge >= 0.3 is 0 Å². The first-order valence-electron chi connectivity index (χ1n) is 7.53. The van der Waals surface area contributed by atoms with Crippen LogP contribution in [0.1, 0.15) is 31.1 Å². The zero-order valence-electron chi connectivity index (χ0n) is 14.0. The van der Waals surface area contributed by atoms with Crippen molar-refractivity contribution in [2.75, 3.05) is 17.7 Å². The van der Waals surface area contributed by atoms with Crippen molar-refractivity contribution in [3.05, 3.63) is 29.8 Å². The van der Waals surface area contributed by atoms with E-state index in [2.05, 4.69) is 20.8 Å². The maximum atomic E-state index is 12.5. The molecule has 1 aromatic carbocycles. The number of anilines is 2. The lowest BCUT2D eigenvalue weighted by Gasteiger charge is -2.10. The van der Waals surface area contributed by atoms with E-state index in [9.17, 15) is 9.59 Å². The van der Waals surface area contributed by atoms with Crippen LogP contribution in [0.4, 0.5) is 10.8 Å². The van der Waals surface area contributed by atoms with Gasteiger partial charge in [-0.3, -0.25) is 9.59 Å². The molecule has 128 valence electrons. The van der Waals surface area contributed by atoms with Crippen molar-refractivity contribution in [3.8, 4) is 0 Å². The summed E-state index contributed by atoms with van der Waals surface area (Å²) < 4.78 is 0.751. The van der Waals surface area contributed by atoms with Gasteiger partial charge in [-0.25, -0.2) is 0 Å². The summed E-state index contributed by atoms with van der Waals surface area (Å²) in [5.41, 5.74) is 1.30. The molecule has 0 bridgehead atoms. The molecule has 1 amide bonds. The summed E-state index contributed by atoms with van der Waals surface area (Å²) in [5.74, 6) is -0.116. The molecule has 0 spiro atoms. The zero-order valence-corrected chi connectivity index (χ0v) is 15.6. The number of carbonyl (C=O) groups excluding carboxylic acids is 2. The van der Waals surface area contributed by atoms with E-state index in [-0.39, 0.29) is 22.9 Å². The maximum absolute atomic E-state index is 12.5. The summed E-state index contributed by atoms with van der Waals surface area (Å²) in [6.07, 6.45) is 0. The number of benzene rings is 1. The predicted molar refractivity (Wildman–Crippen MR) is 99.0 cm³/mol. The molecule has 0 aliphatic carbocycles. The molecule has 0 radical (unpaired) electrons. The van der Waals surface area contributed by atoms with Crippen molar-refractivity contribution in [1.82, 2.24) is 10.2 Å². The normalized spacial score (nSPS) is 12.0. The number of hydrogen-bond acceptors (Lipinski definition) is 7. The number of carbonyl (C=O) groups is 2. The van der Waals surface area contributed by atoms with E-state index in [1.54, 1.807) is 31.3 Å². The number of Topliss-reactive ketones (excluding diaryl/α,β-unsaturated/α-hetero) is 1. The molecule has 0 aliphatic heterocycles. The van der Waals surface area contributed by atoms with E-state index in [1.807, 2.05) is 20.8 Å². The Kier molecular flexibility index (Phi) is 6.33. The molecule has 24 heavy (non-hydrogen) atoms. The number of rotatable bonds is 7. The second-order valence-corrected chi connectivity index (χ2v) is 8.03. The minimum atomic E-state index is -0.265. The molecule has 1 atom stereocenters. The number of hydrogen-bond donors (Lipinski definition) is 2. The molecule has 0 unspecified atom stereocenters. The summed E-state index contributed by atoms with van der Waals surface area (Å²) in [5, 5.41) is 14.2. The molecule has 0 saturated heterocycles. The number of ketones is 1. The van der Waals surface area contributed by atoms with Crippen LogP contribution in [0.25, 0.3) is 0 Å². The summed E-state index contributed by atoms with van der Waals surface area (Å²) in [6, 6.07) is 6.95. The van der Waals surface area contributed by atoms with Gasteiger partial charge in [-0.15, -0.1) is 10.2 Å². The third kappa shape index (κ3) is 4.78. The third-order valence-electron chi connectivity index (χ3n) is 3.23.